The number of imide groups is 1. The number of anilines is 2. The zero-order valence-electron chi connectivity index (χ0n) is 17.6. The van der Waals surface area contributed by atoms with Crippen molar-refractivity contribution in [1.29, 1.82) is 0 Å². The van der Waals surface area contributed by atoms with Gasteiger partial charge in [0.15, 0.2) is 6.10 Å². The Bertz CT molecular complexity index is 1170. The van der Waals surface area contributed by atoms with Gasteiger partial charge in [0.2, 0.25) is 5.91 Å². The number of hydrogen-bond donors (Lipinski definition) is 0. The summed E-state index contributed by atoms with van der Waals surface area (Å²) in [5.74, 6) is 0.00285. The van der Waals surface area contributed by atoms with Gasteiger partial charge >= 0.3 is 0 Å². The van der Waals surface area contributed by atoms with E-state index in [1.807, 2.05) is 54.6 Å². The van der Waals surface area contributed by atoms with Gasteiger partial charge < -0.3 is 4.74 Å². The summed E-state index contributed by atoms with van der Waals surface area (Å²) in [6, 6.07) is 23.1. The van der Waals surface area contributed by atoms with Crippen molar-refractivity contribution in [2.75, 3.05) is 17.1 Å². The van der Waals surface area contributed by atoms with E-state index in [9.17, 15) is 9.59 Å². The van der Waals surface area contributed by atoms with E-state index in [2.05, 4.69) is 0 Å². The number of amides is 2. The maximum Gasteiger partial charge on any atom is 0.266 e. The van der Waals surface area contributed by atoms with Crippen LogP contribution in [0.1, 0.15) is 18.5 Å². The topological polar surface area (TPSA) is 59.1 Å². The van der Waals surface area contributed by atoms with Crippen LogP contribution < -0.4 is 14.7 Å². The van der Waals surface area contributed by atoms with Gasteiger partial charge in [-0.2, -0.15) is 0 Å². The number of hydrogen-bond acceptors (Lipinski definition) is 5. The molecule has 32 heavy (non-hydrogen) atoms. The minimum absolute atomic E-state index is 0.311. The van der Waals surface area contributed by atoms with Gasteiger partial charge in [-0.1, -0.05) is 41.9 Å². The number of halogens is 1. The molecule has 162 valence electrons. The van der Waals surface area contributed by atoms with E-state index in [1.54, 1.807) is 43.4 Å². The summed E-state index contributed by atoms with van der Waals surface area (Å²) in [6.07, 6.45) is -0.960. The Morgan fingerprint density at radius 2 is 1.56 bits per heavy atom. The van der Waals surface area contributed by atoms with Gasteiger partial charge in [0.25, 0.3) is 5.91 Å². The van der Waals surface area contributed by atoms with E-state index in [-0.39, 0.29) is 5.91 Å². The summed E-state index contributed by atoms with van der Waals surface area (Å²) < 4.78 is 5.29. The van der Waals surface area contributed by atoms with Gasteiger partial charge in [-0.25, -0.2) is 9.96 Å². The largest absolute Gasteiger partial charge is 0.497 e. The van der Waals surface area contributed by atoms with Crippen LogP contribution in [0.5, 0.6) is 5.75 Å². The van der Waals surface area contributed by atoms with Crippen LogP contribution in [0, 0.1) is 5.41 Å². The molecule has 5 rings (SSSR count). The van der Waals surface area contributed by atoms with Crippen molar-refractivity contribution in [2.24, 2.45) is 5.41 Å². The Morgan fingerprint density at radius 1 is 0.906 bits per heavy atom. The number of benzene rings is 3. The maximum absolute atomic E-state index is 13.8. The molecule has 0 spiro atoms. The lowest BCUT2D eigenvalue weighted by atomic mass is 9.76. The van der Waals surface area contributed by atoms with Crippen LogP contribution in [0.4, 0.5) is 11.4 Å². The van der Waals surface area contributed by atoms with Gasteiger partial charge in [0.05, 0.1) is 24.5 Å². The summed E-state index contributed by atoms with van der Waals surface area (Å²) >= 11 is 6.00. The lowest BCUT2D eigenvalue weighted by molar-refractivity contribution is -0.128. The fourth-order valence-corrected chi connectivity index (χ4v) is 4.67. The van der Waals surface area contributed by atoms with Gasteiger partial charge in [-0.15, -0.1) is 0 Å². The van der Waals surface area contributed by atoms with Crippen LogP contribution in [0.2, 0.25) is 5.02 Å². The zero-order valence-corrected chi connectivity index (χ0v) is 18.3. The lowest BCUT2D eigenvalue weighted by Gasteiger charge is -2.32. The molecule has 0 N–H and O–H groups in total. The summed E-state index contributed by atoms with van der Waals surface area (Å²) in [7, 11) is 1.60. The third-order valence-corrected chi connectivity index (χ3v) is 6.45. The van der Waals surface area contributed by atoms with Crippen molar-refractivity contribution >= 4 is 34.8 Å². The molecule has 2 amide bonds. The van der Waals surface area contributed by atoms with Crippen LogP contribution in [0.25, 0.3) is 0 Å². The van der Waals surface area contributed by atoms with Crippen LogP contribution in [0.3, 0.4) is 0 Å². The third kappa shape index (κ3) is 2.98. The fraction of sp³-hybridized carbons (Fsp3) is 0.200. The molecule has 0 aliphatic carbocycles. The number of fused-ring (bicyclic) bond motifs is 1. The van der Waals surface area contributed by atoms with Crippen molar-refractivity contribution in [2.45, 2.75) is 19.1 Å². The normalized spacial score (nSPS) is 24.7. The van der Waals surface area contributed by atoms with Crippen molar-refractivity contribution in [3.63, 3.8) is 0 Å². The molecule has 0 saturated carbocycles. The molecule has 3 aromatic carbocycles. The Labute approximate surface area is 190 Å². The van der Waals surface area contributed by atoms with Crippen molar-refractivity contribution in [3.05, 3.63) is 89.4 Å². The maximum atomic E-state index is 13.8. The molecule has 0 aromatic heterocycles. The Hall–Kier alpha value is -3.35. The molecule has 2 fully saturated rings. The average molecular weight is 449 g/mol. The van der Waals surface area contributed by atoms with Crippen LogP contribution >= 0.6 is 11.6 Å². The monoisotopic (exact) mass is 448 g/mol. The molecule has 2 aliphatic heterocycles. The molecule has 0 bridgehead atoms. The molecule has 0 radical (unpaired) electrons. The van der Waals surface area contributed by atoms with E-state index >= 15 is 0 Å². The summed E-state index contributed by atoms with van der Waals surface area (Å²) in [4.78, 5) is 34.7. The molecular formula is C25H21ClN2O4. The predicted octanol–water partition coefficient (Wildman–Crippen LogP) is 4.79. The summed E-state index contributed by atoms with van der Waals surface area (Å²) in [5, 5.41) is 2.21. The van der Waals surface area contributed by atoms with E-state index in [0.29, 0.717) is 16.5 Å². The summed E-state index contributed by atoms with van der Waals surface area (Å²) in [6.45, 7) is 1.80. The Balaban J connectivity index is 1.62. The molecular weight excluding hydrogens is 428 g/mol. The lowest BCUT2D eigenvalue weighted by Crippen LogP contribution is -2.41. The van der Waals surface area contributed by atoms with E-state index in [1.165, 1.54) is 4.90 Å². The first kappa shape index (κ1) is 20.5. The van der Waals surface area contributed by atoms with Crippen molar-refractivity contribution in [1.82, 2.24) is 0 Å². The summed E-state index contributed by atoms with van der Waals surface area (Å²) in [5.41, 5.74) is 0.950. The predicted molar refractivity (Wildman–Crippen MR) is 122 cm³/mol. The third-order valence-electron chi connectivity index (χ3n) is 6.20. The van der Waals surface area contributed by atoms with Gasteiger partial charge in [-0.3, -0.25) is 14.4 Å². The number of carbonyl (C=O) groups excluding carboxylic acids is 2. The molecule has 2 aliphatic rings. The quantitative estimate of drug-likeness (QED) is 0.537. The smallest absolute Gasteiger partial charge is 0.266 e. The van der Waals surface area contributed by atoms with Crippen molar-refractivity contribution < 1.29 is 19.2 Å². The highest BCUT2D eigenvalue weighted by Gasteiger charge is 2.68. The number of rotatable bonds is 4. The van der Waals surface area contributed by atoms with E-state index in [0.717, 1.165) is 11.3 Å². The number of methoxy groups -OCH3 is 1. The first-order chi connectivity index (χ1) is 15.4. The number of carbonyl (C=O) groups is 2. The van der Waals surface area contributed by atoms with E-state index in [4.69, 9.17) is 21.2 Å². The zero-order chi connectivity index (χ0) is 22.5. The molecule has 3 aromatic rings. The molecule has 2 heterocycles. The van der Waals surface area contributed by atoms with Crippen LogP contribution in [-0.4, -0.2) is 25.0 Å². The molecule has 3 atom stereocenters. The minimum Gasteiger partial charge on any atom is -0.497 e. The van der Waals surface area contributed by atoms with Crippen molar-refractivity contribution in [3.8, 4) is 5.75 Å². The van der Waals surface area contributed by atoms with Crippen LogP contribution in [-0.2, 0) is 14.4 Å². The Kier molecular flexibility index (Phi) is 4.92. The second kappa shape index (κ2) is 7.65. The highest BCUT2D eigenvalue weighted by atomic mass is 35.5. The standard InChI is InChI=1S/C25H21ClN2O4/c1-25-21(16-8-14-20(31-2)15-9-16)28(19-6-4-3-5-7-19)32-22(25)23(29)27(24(25)30)18-12-10-17(26)11-13-18/h3-15,21-22H,1-2H3/t21-,22-,25+/m1/s1. The number of ether oxygens (including phenoxy) is 1. The highest BCUT2D eigenvalue weighted by molar-refractivity contribution is 6.31. The van der Waals surface area contributed by atoms with E-state index < -0.39 is 23.5 Å². The average Bonchev–Trinajstić information content (AvgIpc) is 3.23. The molecule has 2 saturated heterocycles. The van der Waals surface area contributed by atoms with Gasteiger partial charge in [0.1, 0.15) is 11.2 Å². The highest BCUT2D eigenvalue weighted by Crippen LogP contribution is 2.55. The number of para-hydroxylation sites is 1. The first-order valence-electron chi connectivity index (χ1n) is 10.2. The fourth-order valence-electron chi connectivity index (χ4n) is 4.55. The van der Waals surface area contributed by atoms with Crippen LogP contribution in [0.15, 0.2) is 78.9 Å². The molecule has 6 nitrogen and oxygen atoms in total. The minimum atomic E-state index is -1.14. The number of nitrogens with zero attached hydrogens (tertiary/aromatic N) is 2. The Morgan fingerprint density at radius 3 is 2.19 bits per heavy atom. The number of hydroxylamine groups is 1. The second-order valence-electron chi connectivity index (χ2n) is 8.06. The van der Waals surface area contributed by atoms with Gasteiger partial charge in [-0.05, 0) is 61.0 Å². The SMILES string of the molecule is COc1ccc([C@H]2N(c3ccccc3)O[C@@H]3C(=O)N(c4ccc(Cl)cc4)C(=O)[C@]32C)cc1. The second-order valence-corrected chi connectivity index (χ2v) is 8.50. The molecule has 0 unspecified atom stereocenters. The molecule has 7 heteroatoms. The van der Waals surface area contributed by atoms with Gasteiger partial charge in [0, 0.05) is 5.02 Å². The first-order valence-corrected chi connectivity index (χ1v) is 10.6.